The maximum Gasteiger partial charge on any atom is 0.271 e. The molecule has 1 heterocycles. The number of hydrazone groups is 1. The molecule has 1 aromatic heterocycles. The zero-order chi connectivity index (χ0) is 22.7. The van der Waals surface area contributed by atoms with Crippen LogP contribution in [0.4, 0.5) is 5.69 Å². The van der Waals surface area contributed by atoms with E-state index in [9.17, 15) is 9.59 Å². The molecule has 8 heteroatoms. The molecule has 2 amide bonds. The van der Waals surface area contributed by atoms with Gasteiger partial charge in [-0.3, -0.25) is 9.59 Å². The van der Waals surface area contributed by atoms with E-state index in [2.05, 4.69) is 15.8 Å². The third-order valence-electron chi connectivity index (χ3n) is 4.82. The van der Waals surface area contributed by atoms with Crippen LogP contribution < -0.4 is 15.5 Å². The van der Waals surface area contributed by atoms with Gasteiger partial charge in [0.05, 0.1) is 19.2 Å². The molecule has 0 bridgehead atoms. The van der Waals surface area contributed by atoms with Crippen LogP contribution >= 0.6 is 11.6 Å². The number of anilines is 1. The first kappa shape index (κ1) is 21.4. The van der Waals surface area contributed by atoms with Crippen molar-refractivity contribution >= 4 is 56.8 Å². The minimum atomic E-state index is -0.413. The van der Waals surface area contributed by atoms with Crippen LogP contribution in [0.15, 0.2) is 70.2 Å². The minimum absolute atomic E-state index is 0.0167. The zero-order valence-corrected chi connectivity index (χ0v) is 18.2. The number of rotatable bonds is 6. The van der Waals surface area contributed by atoms with E-state index in [1.807, 2.05) is 30.3 Å². The highest BCUT2D eigenvalue weighted by molar-refractivity contribution is 6.31. The van der Waals surface area contributed by atoms with Gasteiger partial charge in [-0.1, -0.05) is 35.9 Å². The molecule has 4 rings (SSSR count). The summed E-state index contributed by atoms with van der Waals surface area (Å²) in [4.78, 5) is 24.7. The van der Waals surface area contributed by atoms with Gasteiger partial charge in [0, 0.05) is 33.1 Å². The molecule has 0 saturated carbocycles. The van der Waals surface area contributed by atoms with Gasteiger partial charge in [0.1, 0.15) is 16.9 Å². The van der Waals surface area contributed by atoms with Crippen molar-refractivity contribution in [3.05, 3.63) is 71.2 Å². The lowest BCUT2D eigenvalue weighted by Crippen LogP contribution is -2.21. The fraction of sp³-hybridized carbons (Fsp3) is 0.125. The predicted molar refractivity (Wildman–Crippen MR) is 126 cm³/mol. The molecular formula is C24H20ClN3O4. The number of carbonyl (C=O) groups is 2. The molecule has 0 aliphatic rings. The largest absolute Gasteiger partial charge is 0.495 e. The fourth-order valence-electron chi connectivity index (χ4n) is 3.32. The highest BCUT2D eigenvalue weighted by Gasteiger charge is 2.15. The quantitative estimate of drug-likeness (QED) is 0.305. The lowest BCUT2D eigenvalue weighted by molar-refractivity contribution is -0.115. The Labute approximate surface area is 189 Å². The number of ether oxygens (including phenoxy) is 1. The number of nitrogens with zero attached hydrogens (tertiary/aromatic N) is 1. The molecule has 0 spiro atoms. The first-order chi connectivity index (χ1) is 15.4. The summed E-state index contributed by atoms with van der Waals surface area (Å²) >= 11 is 5.90. The van der Waals surface area contributed by atoms with Gasteiger partial charge in [0.15, 0.2) is 0 Å². The lowest BCUT2D eigenvalue weighted by Gasteiger charge is -2.10. The predicted octanol–water partition coefficient (Wildman–Crippen LogP) is 5.38. The Bertz CT molecular complexity index is 1360. The monoisotopic (exact) mass is 449 g/mol. The molecule has 0 saturated heterocycles. The first-order valence-electron chi connectivity index (χ1n) is 9.83. The average molecular weight is 450 g/mol. The highest BCUT2D eigenvalue weighted by atomic mass is 35.5. The van der Waals surface area contributed by atoms with Crippen molar-refractivity contribution in [3.8, 4) is 5.75 Å². The van der Waals surface area contributed by atoms with E-state index >= 15 is 0 Å². The molecule has 7 nitrogen and oxygen atoms in total. The maximum absolute atomic E-state index is 12.6. The Morgan fingerprint density at radius 3 is 2.62 bits per heavy atom. The van der Waals surface area contributed by atoms with Crippen molar-refractivity contribution in [2.45, 2.75) is 13.3 Å². The van der Waals surface area contributed by atoms with Crippen molar-refractivity contribution in [1.82, 2.24) is 5.43 Å². The Morgan fingerprint density at radius 1 is 1.03 bits per heavy atom. The standard InChI is InChI=1S/C24H20ClN3O4/c1-14(27-28-24(30)15-6-5-7-16(25)11-15)10-23(29)26-19-13-21-18(12-22(19)31-2)17-8-3-4-9-20(17)32-21/h3-9,11-13H,10H2,1-2H3,(H,26,29)(H,28,30). The van der Waals surface area contributed by atoms with Crippen LogP contribution in [0.3, 0.4) is 0 Å². The summed E-state index contributed by atoms with van der Waals surface area (Å²) in [5.41, 5.74) is 5.12. The summed E-state index contributed by atoms with van der Waals surface area (Å²) in [7, 11) is 1.54. The molecule has 0 radical (unpaired) electrons. The van der Waals surface area contributed by atoms with Crippen molar-refractivity contribution in [2.24, 2.45) is 5.10 Å². The molecule has 0 aliphatic heterocycles. The molecular weight excluding hydrogens is 430 g/mol. The Hall–Kier alpha value is -3.84. The zero-order valence-electron chi connectivity index (χ0n) is 17.4. The van der Waals surface area contributed by atoms with Gasteiger partial charge < -0.3 is 14.5 Å². The molecule has 32 heavy (non-hydrogen) atoms. The number of benzene rings is 3. The molecule has 2 N–H and O–H groups in total. The highest BCUT2D eigenvalue weighted by Crippen LogP contribution is 2.36. The van der Waals surface area contributed by atoms with Gasteiger partial charge in [0.25, 0.3) is 5.91 Å². The van der Waals surface area contributed by atoms with E-state index in [-0.39, 0.29) is 12.3 Å². The van der Waals surface area contributed by atoms with Gasteiger partial charge in [-0.25, -0.2) is 5.43 Å². The van der Waals surface area contributed by atoms with Gasteiger partial charge in [0.2, 0.25) is 5.91 Å². The number of para-hydroxylation sites is 1. The van der Waals surface area contributed by atoms with Crippen LogP contribution in [-0.2, 0) is 4.79 Å². The molecule has 4 aromatic rings. The smallest absolute Gasteiger partial charge is 0.271 e. The van der Waals surface area contributed by atoms with Crippen molar-refractivity contribution in [3.63, 3.8) is 0 Å². The summed E-state index contributed by atoms with van der Waals surface area (Å²) < 4.78 is 11.3. The maximum atomic E-state index is 12.6. The average Bonchev–Trinajstić information content (AvgIpc) is 3.14. The molecule has 0 fully saturated rings. The number of methoxy groups -OCH3 is 1. The number of fused-ring (bicyclic) bond motifs is 3. The second-order valence-corrected chi connectivity index (χ2v) is 7.61. The minimum Gasteiger partial charge on any atom is -0.495 e. The van der Waals surface area contributed by atoms with Gasteiger partial charge in [-0.05, 0) is 37.3 Å². The normalized spacial score (nSPS) is 11.5. The van der Waals surface area contributed by atoms with Crippen molar-refractivity contribution in [1.29, 1.82) is 0 Å². The SMILES string of the molecule is COc1cc2c(cc1NC(=O)CC(C)=NNC(=O)c1cccc(Cl)c1)oc1ccccc12. The van der Waals surface area contributed by atoms with E-state index in [1.165, 1.54) is 13.2 Å². The van der Waals surface area contributed by atoms with Gasteiger partial charge in [-0.2, -0.15) is 5.10 Å². The third-order valence-corrected chi connectivity index (χ3v) is 5.06. The van der Waals surface area contributed by atoms with E-state index < -0.39 is 5.91 Å². The second kappa shape index (κ2) is 9.11. The van der Waals surface area contributed by atoms with Crippen LogP contribution in [0.25, 0.3) is 21.9 Å². The Kier molecular flexibility index (Phi) is 6.09. The van der Waals surface area contributed by atoms with E-state index in [4.69, 9.17) is 20.8 Å². The number of nitrogens with one attached hydrogen (secondary N) is 2. The summed E-state index contributed by atoms with van der Waals surface area (Å²) in [5.74, 6) is -0.206. The summed E-state index contributed by atoms with van der Waals surface area (Å²) in [6, 6.07) is 17.8. The van der Waals surface area contributed by atoms with Crippen LogP contribution in [0.2, 0.25) is 5.02 Å². The van der Waals surface area contributed by atoms with Crippen LogP contribution in [-0.4, -0.2) is 24.6 Å². The van der Waals surface area contributed by atoms with E-state index in [0.29, 0.717) is 33.3 Å². The Morgan fingerprint density at radius 2 is 1.84 bits per heavy atom. The summed E-state index contributed by atoms with van der Waals surface area (Å²) in [6.07, 6.45) is -0.0167. The van der Waals surface area contributed by atoms with E-state index in [0.717, 1.165) is 16.4 Å². The third kappa shape index (κ3) is 4.58. The summed E-state index contributed by atoms with van der Waals surface area (Å²) in [6.45, 7) is 1.65. The van der Waals surface area contributed by atoms with Gasteiger partial charge in [-0.15, -0.1) is 0 Å². The van der Waals surface area contributed by atoms with Crippen LogP contribution in [0.5, 0.6) is 5.75 Å². The number of hydrogen-bond acceptors (Lipinski definition) is 5. The first-order valence-corrected chi connectivity index (χ1v) is 10.2. The number of amides is 2. The van der Waals surface area contributed by atoms with Crippen molar-refractivity contribution in [2.75, 3.05) is 12.4 Å². The number of halogens is 1. The number of furan rings is 1. The number of hydrogen-bond donors (Lipinski definition) is 2. The Balaban J connectivity index is 1.46. The fourth-order valence-corrected chi connectivity index (χ4v) is 3.52. The van der Waals surface area contributed by atoms with E-state index in [1.54, 1.807) is 31.2 Å². The second-order valence-electron chi connectivity index (χ2n) is 7.17. The molecule has 0 atom stereocenters. The summed E-state index contributed by atoms with van der Waals surface area (Å²) in [5, 5.41) is 9.14. The molecule has 0 aliphatic carbocycles. The molecule has 162 valence electrons. The van der Waals surface area contributed by atoms with Crippen LogP contribution in [0.1, 0.15) is 23.7 Å². The van der Waals surface area contributed by atoms with Crippen LogP contribution in [0, 0.1) is 0 Å². The number of carbonyl (C=O) groups excluding carboxylic acids is 2. The topological polar surface area (TPSA) is 92.9 Å². The lowest BCUT2D eigenvalue weighted by atomic mass is 10.1. The molecule has 3 aromatic carbocycles. The van der Waals surface area contributed by atoms with Crippen molar-refractivity contribution < 1.29 is 18.7 Å². The molecule has 0 unspecified atom stereocenters. The van der Waals surface area contributed by atoms with Gasteiger partial charge >= 0.3 is 0 Å².